The maximum Gasteiger partial charge on any atom is 2.00 e. The molecule has 0 radical (unpaired) electrons. The zero-order chi connectivity index (χ0) is 5.54. The first-order valence-electron chi connectivity index (χ1n) is 2.53. The smallest absolute Gasteiger partial charge is 1.00 e. The number of unbranched alkanes of at least 4 members (excludes halogenated alkanes) is 2. The molecule has 1 N–H and O–H groups in total. The van der Waals surface area contributed by atoms with Crippen LogP contribution >= 0.6 is 0 Å². The maximum atomic E-state index is 7.93. The van der Waals surface area contributed by atoms with Gasteiger partial charge in [0, 0.05) is 6.42 Å². The molecule has 0 aromatic heterocycles. The van der Waals surface area contributed by atoms with Crippen molar-refractivity contribution >= 4 is 37.7 Å². The Hall–Kier alpha value is 0.620. The average Bonchev–Trinajstić information content (AvgIpc) is 1.69. The van der Waals surface area contributed by atoms with Gasteiger partial charge in [0.15, 0.2) is 0 Å². The monoisotopic (exact) mass is 140 g/mol. The van der Waals surface area contributed by atoms with Crippen LogP contribution in [0.15, 0.2) is 0 Å². The summed E-state index contributed by atoms with van der Waals surface area (Å²) < 4.78 is 0. The molecule has 0 aliphatic rings. The number of aliphatic hydroxyl groups excluding tert-OH is 1. The predicted molar refractivity (Wildman–Crippen MR) is 37.2 cm³/mol. The van der Waals surface area contributed by atoms with Crippen molar-refractivity contribution in [2.45, 2.75) is 26.2 Å². The third-order valence-electron chi connectivity index (χ3n) is 0.734. The van der Waals surface area contributed by atoms with Crippen molar-refractivity contribution in [1.82, 2.24) is 0 Å². The van der Waals surface area contributed by atoms with Crippen LogP contribution in [0.25, 0.3) is 0 Å². The first kappa shape index (κ1) is 11.4. The van der Waals surface area contributed by atoms with E-state index in [-0.39, 0.29) is 40.6 Å². The molecule has 44 valence electrons. The van der Waals surface area contributed by atoms with Crippen LogP contribution in [-0.4, -0.2) is 42.8 Å². The predicted octanol–water partition coefficient (Wildman–Crippen LogP) is 1.35. The zero-order valence-electron chi connectivity index (χ0n) is 7.28. The Bertz CT molecular complexity index is 87.5. The summed E-state index contributed by atoms with van der Waals surface area (Å²) in [6.45, 7) is 2.10. The summed E-state index contributed by atoms with van der Waals surface area (Å²) in [4.78, 5) is 0. The van der Waals surface area contributed by atoms with E-state index in [1.165, 1.54) is 0 Å². The van der Waals surface area contributed by atoms with Crippen LogP contribution in [0.5, 0.6) is 0 Å². The molecule has 0 aliphatic carbocycles. The van der Waals surface area contributed by atoms with Gasteiger partial charge >= 0.3 is 37.7 Å². The molecule has 0 unspecified atom stereocenters. The summed E-state index contributed by atoms with van der Waals surface area (Å²) >= 11 is 0. The summed E-state index contributed by atoms with van der Waals surface area (Å²) in [6, 6.07) is 0. The fourth-order valence-electron chi connectivity index (χ4n) is 0.321. The molecule has 0 rings (SSSR count). The van der Waals surface area contributed by atoms with Crippen LogP contribution in [0.2, 0.25) is 0 Å². The van der Waals surface area contributed by atoms with Gasteiger partial charge in [-0.1, -0.05) is 19.3 Å². The number of rotatable bonds is 2. The minimum Gasteiger partial charge on any atom is -1.00 e. The Morgan fingerprint density at radius 1 is 1.62 bits per heavy atom. The normalized spacial score (nSPS) is 6.12. The van der Waals surface area contributed by atoms with Crippen LogP contribution in [0.3, 0.4) is 0 Å². The second-order valence-electron chi connectivity index (χ2n) is 1.39. The summed E-state index contributed by atoms with van der Waals surface area (Å²) in [5.74, 6) is 2.55. The third kappa shape index (κ3) is 9.80. The van der Waals surface area contributed by atoms with E-state index < -0.39 is 0 Å². The summed E-state index contributed by atoms with van der Waals surface area (Å²) in [5, 5.41) is 7.93. The molecule has 0 spiro atoms. The quantitative estimate of drug-likeness (QED) is 0.349. The third-order valence-corrected chi connectivity index (χ3v) is 0.734. The maximum absolute atomic E-state index is 7.93. The molecule has 1 nitrogen and oxygen atoms in total. The molecule has 8 heavy (non-hydrogen) atoms. The SMILES string of the molecule is CCCCC#CO.[Ca+2].[H-].[H-]. The molecule has 0 aliphatic heterocycles. The van der Waals surface area contributed by atoms with E-state index in [4.69, 9.17) is 5.11 Å². The minimum absolute atomic E-state index is 0. The van der Waals surface area contributed by atoms with Gasteiger partial charge in [0.1, 0.15) is 6.11 Å². The minimum atomic E-state index is 0. The Morgan fingerprint density at radius 3 is 2.62 bits per heavy atom. The van der Waals surface area contributed by atoms with Crippen molar-refractivity contribution in [2.75, 3.05) is 0 Å². The van der Waals surface area contributed by atoms with Crippen LogP contribution in [0.1, 0.15) is 29.0 Å². The first-order valence-corrected chi connectivity index (χ1v) is 2.53. The molecule has 0 fully saturated rings. The van der Waals surface area contributed by atoms with E-state index in [9.17, 15) is 0 Å². The van der Waals surface area contributed by atoms with Gasteiger partial charge in [0.05, 0.1) is 0 Å². The molecule has 2 heteroatoms. The average molecular weight is 140 g/mol. The van der Waals surface area contributed by atoms with Gasteiger partial charge in [-0.2, -0.15) is 0 Å². The molecule has 0 saturated carbocycles. The molecular formula is C6H12CaO. The topological polar surface area (TPSA) is 20.2 Å². The van der Waals surface area contributed by atoms with Crippen molar-refractivity contribution in [3.63, 3.8) is 0 Å². The van der Waals surface area contributed by atoms with E-state index in [0.29, 0.717) is 0 Å². The van der Waals surface area contributed by atoms with Crippen LogP contribution in [0.4, 0.5) is 0 Å². The molecular weight excluding hydrogens is 128 g/mol. The molecule has 0 bridgehead atoms. The second kappa shape index (κ2) is 10.6. The molecule has 0 atom stereocenters. The van der Waals surface area contributed by atoms with Gasteiger partial charge in [-0.25, -0.2) is 0 Å². The zero-order valence-corrected chi connectivity index (χ0v) is 7.48. The molecule has 0 heterocycles. The largest absolute Gasteiger partial charge is 2.00 e. The molecule has 0 aromatic rings. The van der Waals surface area contributed by atoms with E-state index in [1.54, 1.807) is 0 Å². The number of aliphatic hydroxyl groups is 1. The van der Waals surface area contributed by atoms with Crippen molar-refractivity contribution in [1.29, 1.82) is 0 Å². The Morgan fingerprint density at radius 2 is 2.25 bits per heavy atom. The Balaban J connectivity index is -0.0000000600. The Labute approximate surface area is 83.4 Å². The number of hydrogen-bond acceptors (Lipinski definition) is 1. The van der Waals surface area contributed by atoms with Crippen molar-refractivity contribution in [2.24, 2.45) is 0 Å². The van der Waals surface area contributed by atoms with Crippen molar-refractivity contribution < 1.29 is 7.96 Å². The molecule has 0 amide bonds. The van der Waals surface area contributed by atoms with Gasteiger partial charge in [-0.15, -0.1) is 0 Å². The van der Waals surface area contributed by atoms with E-state index >= 15 is 0 Å². The van der Waals surface area contributed by atoms with Gasteiger partial charge in [0.25, 0.3) is 0 Å². The van der Waals surface area contributed by atoms with Crippen LogP contribution < -0.4 is 0 Å². The summed E-state index contributed by atoms with van der Waals surface area (Å²) in [5.41, 5.74) is 0. The van der Waals surface area contributed by atoms with E-state index in [1.807, 2.05) is 6.11 Å². The van der Waals surface area contributed by atoms with Gasteiger partial charge in [0.2, 0.25) is 0 Å². The van der Waals surface area contributed by atoms with E-state index in [2.05, 4.69) is 12.8 Å². The van der Waals surface area contributed by atoms with Crippen LogP contribution in [-0.2, 0) is 0 Å². The van der Waals surface area contributed by atoms with Crippen molar-refractivity contribution in [3.8, 4) is 12.0 Å². The standard InChI is InChI=1S/C6H10O.Ca.2H/c1-2-3-4-5-6-7;;;/h7H,2-4H2,1H3;;;/q;+2;2*-1. The second-order valence-corrected chi connectivity index (χ2v) is 1.39. The first-order chi connectivity index (χ1) is 3.41. The van der Waals surface area contributed by atoms with Gasteiger partial charge in [-0.3, -0.25) is 0 Å². The Kier molecular flexibility index (Phi) is 15.1. The van der Waals surface area contributed by atoms with Gasteiger partial charge in [-0.05, 0) is 6.42 Å². The summed E-state index contributed by atoms with van der Waals surface area (Å²) in [7, 11) is 0. The van der Waals surface area contributed by atoms with Crippen molar-refractivity contribution in [3.05, 3.63) is 0 Å². The molecule has 0 saturated heterocycles. The number of hydrogen-bond donors (Lipinski definition) is 1. The van der Waals surface area contributed by atoms with Crippen LogP contribution in [0, 0.1) is 12.0 Å². The fraction of sp³-hybridized carbons (Fsp3) is 0.667. The fourth-order valence-corrected chi connectivity index (χ4v) is 0.321. The van der Waals surface area contributed by atoms with E-state index in [0.717, 1.165) is 19.3 Å². The summed E-state index contributed by atoms with van der Waals surface area (Å²) in [6.07, 6.45) is 4.92. The molecule has 0 aromatic carbocycles. The van der Waals surface area contributed by atoms with Gasteiger partial charge < -0.3 is 7.96 Å².